The van der Waals surface area contributed by atoms with Crippen molar-refractivity contribution in [3.8, 4) is 5.75 Å². The predicted molar refractivity (Wildman–Crippen MR) is 89.3 cm³/mol. The number of halogens is 2. The second-order valence-corrected chi connectivity index (χ2v) is 5.63. The third-order valence-electron chi connectivity index (χ3n) is 2.93. The maximum atomic E-state index is 12.7. The number of benzene rings is 2. The molecular weight excluding hydrogens is 381 g/mol. The topological polar surface area (TPSA) is 64.6 Å². The maximum absolute atomic E-state index is 12.7. The van der Waals surface area contributed by atoms with Gasteiger partial charge in [-0.3, -0.25) is 9.59 Å². The van der Waals surface area contributed by atoms with E-state index in [1.807, 2.05) is 0 Å². The molecule has 0 spiro atoms. The van der Waals surface area contributed by atoms with Crippen LogP contribution in [0.25, 0.3) is 0 Å². The fourth-order valence-electron chi connectivity index (χ4n) is 1.75. The molecule has 0 unspecified atom stereocenters. The lowest BCUT2D eigenvalue weighted by atomic mass is 10.2. The van der Waals surface area contributed by atoms with Crippen LogP contribution in [-0.4, -0.2) is 31.6 Å². The van der Waals surface area contributed by atoms with Gasteiger partial charge in [-0.1, -0.05) is 15.9 Å². The lowest BCUT2D eigenvalue weighted by Gasteiger charge is -2.08. The highest BCUT2D eigenvalue weighted by atomic mass is 79.9. The second kappa shape index (κ2) is 9.02. The van der Waals surface area contributed by atoms with E-state index in [2.05, 4.69) is 21.2 Å². The van der Waals surface area contributed by atoms with Crippen LogP contribution in [0.5, 0.6) is 5.75 Å². The molecule has 1 N–H and O–H groups in total. The highest BCUT2D eigenvalue weighted by molar-refractivity contribution is 9.10. The normalized spacial score (nSPS) is 10.1. The Kier molecular flexibility index (Phi) is 6.74. The van der Waals surface area contributed by atoms with Gasteiger partial charge in [0.2, 0.25) is 0 Å². The minimum atomic E-state index is -0.567. The number of hydrogen-bond acceptors (Lipinski definition) is 4. The molecule has 24 heavy (non-hydrogen) atoms. The number of amides is 1. The molecule has 0 radical (unpaired) electrons. The van der Waals surface area contributed by atoms with Gasteiger partial charge < -0.3 is 14.8 Å². The molecule has 5 nitrogen and oxygen atoms in total. The van der Waals surface area contributed by atoms with E-state index in [1.54, 1.807) is 24.3 Å². The van der Waals surface area contributed by atoms with Crippen LogP contribution < -0.4 is 10.1 Å². The summed E-state index contributed by atoms with van der Waals surface area (Å²) in [5, 5.41) is 2.47. The van der Waals surface area contributed by atoms with Gasteiger partial charge in [0.1, 0.15) is 31.3 Å². The monoisotopic (exact) mass is 395 g/mol. The molecule has 7 heteroatoms. The van der Waals surface area contributed by atoms with Crippen molar-refractivity contribution in [3.63, 3.8) is 0 Å². The summed E-state index contributed by atoms with van der Waals surface area (Å²) < 4.78 is 23.8. The minimum Gasteiger partial charge on any atom is -0.490 e. The molecule has 0 aliphatic heterocycles. The zero-order chi connectivity index (χ0) is 17.4. The Morgan fingerprint density at radius 2 is 1.67 bits per heavy atom. The number of rotatable bonds is 7. The molecule has 0 saturated carbocycles. The van der Waals surface area contributed by atoms with Crippen molar-refractivity contribution in [2.45, 2.75) is 0 Å². The minimum absolute atomic E-state index is 0.0321. The Hall–Kier alpha value is -2.41. The lowest BCUT2D eigenvalue weighted by molar-refractivity contribution is -0.143. The Bertz CT molecular complexity index is 689. The molecule has 2 aromatic carbocycles. The van der Waals surface area contributed by atoms with Gasteiger partial charge in [-0.25, -0.2) is 4.39 Å². The summed E-state index contributed by atoms with van der Waals surface area (Å²) in [7, 11) is 0. The summed E-state index contributed by atoms with van der Waals surface area (Å²) in [6.07, 6.45) is 0. The first kappa shape index (κ1) is 17.9. The number of hydrogen-bond donors (Lipinski definition) is 1. The first-order valence-corrected chi connectivity index (χ1v) is 7.91. The fraction of sp³-hybridized carbons (Fsp3) is 0.176. The van der Waals surface area contributed by atoms with Crippen LogP contribution in [0.2, 0.25) is 0 Å². The summed E-state index contributed by atoms with van der Waals surface area (Å²) in [5.41, 5.74) is 0.450. The van der Waals surface area contributed by atoms with Crippen molar-refractivity contribution in [3.05, 3.63) is 64.4 Å². The van der Waals surface area contributed by atoms with E-state index in [4.69, 9.17) is 9.47 Å². The number of carbonyl (C=O) groups is 2. The van der Waals surface area contributed by atoms with Crippen LogP contribution in [0.1, 0.15) is 10.4 Å². The van der Waals surface area contributed by atoms with E-state index >= 15 is 0 Å². The highest BCUT2D eigenvalue weighted by Gasteiger charge is 2.08. The van der Waals surface area contributed by atoms with Crippen LogP contribution in [0.15, 0.2) is 53.0 Å². The molecule has 0 aromatic heterocycles. The number of carbonyl (C=O) groups excluding carboxylic acids is 2. The molecule has 0 saturated heterocycles. The smallest absolute Gasteiger partial charge is 0.325 e. The van der Waals surface area contributed by atoms with E-state index in [9.17, 15) is 14.0 Å². The van der Waals surface area contributed by atoms with Crippen LogP contribution in [0, 0.1) is 5.82 Å². The Labute approximate surface area is 146 Å². The van der Waals surface area contributed by atoms with E-state index in [0.717, 1.165) is 4.47 Å². The fourth-order valence-corrected chi connectivity index (χ4v) is 2.02. The van der Waals surface area contributed by atoms with Gasteiger partial charge >= 0.3 is 5.97 Å². The van der Waals surface area contributed by atoms with E-state index in [1.165, 1.54) is 24.3 Å². The van der Waals surface area contributed by atoms with Crippen LogP contribution in [0.3, 0.4) is 0 Å². The Morgan fingerprint density at radius 3 is 2.33 bits per heavy atom. The molecule has 0 bridgehead atoms. The van der Waals surface area contributed by atoms with Gasteiger partial charge in [0.25, 0.3) is 5.91 Å². The molecule has 0 heterocycles. The van der Waals surface area contributed by atoms with Crippen LogP contribution in [0.4, 0.5) is 4.39 Å². The molecule has 2 rings (SSSR count). The quantitative estimate of drug-likeness (QED) is 0.578. The number of nitrogens with one attached hydrogen (secondary N) is 1. The zero-order valence-electron chi connectivity index (χ0n) is 12.6. The lowest BCUT2D eigenvalue weighted by Crippen LogP contribution is -2.31. The summed E-state index contributed by atoms with van der Waals surface area (Å²) in [5.74, 6) is -0.795. The van der Waals surface area contributed by atoms with Crippen LogP contribution in [-0.2, 0) is 9.53 Å². The van der Waals surface area contributed by atoms with E-state index in [-0.39, 0.29) is 31.5 Å². The second-order valence-electron chi connectivity index (χ2n) is 4.71. The largest absolute Gasteiger partial charge is 0.490 e. The van der Waals surface area contributed by atoms with Crippen molar-refractivity contribution in [2.75, 3.05) is 19.8 Å². The Morgan fingerprint density at radius 1 is 1.00 bits per heavy atom. The standard InChI is InChI=1S/C17H15BrFNO4/c18-13-3-1-12(2-4-13)17(22)20-11-16(21)24-10-9-23-15-7-5-14(19)6-8-15/h1-8H,9-11H2,(H,20,22). The van der Waals surface area contributed by atoms with Crippen molar-refractivity contribution in [2.24, 2.45) is 0 Å². The summed E-state index contributed by atoms with van der Waals surface area (Å²) >= 11 is 3.28. The summed E-state index contributed by atoms with van der Waals surface area (Å²) in [6.45, 7) is -0.0617. The first-order valence-electron chi connectivity index (χ1n) is 7.12. The van der Waals surface area contributed by atoms with Gasteiger partial charge in [-0.15, -0.1) is 0 Å². The predicted octanol–water partition coefficient (Wildman–Crippen LogP) is 2.94. The van der Waals surface area contributed by atoms with E-state index in [0.29, 0.717) is 11.3 Å². The molecule has 2 aromatic rings. The highest BCUT2D eigenvalue weighted by Crippen LogP contribution is 2.11. The van der Waals surface area contributed by atoms with Crippen molar-refractivity contribution in [1.29, 1.82) is 0 Å². The Balaban J connectivity index is 1.63. The molecule has 126 valence electrons. The average molecular weight is 396 g/mol. The third kappa shape index (κ3) is 6.00. The SMILES string of the molecule is O=C(CNC(=O)c1ccc(Br)cc1)OCCOc1ccc(F)cc1. The van der Waals surface area contributed by atoms with Crippen molar-refractivity contribution in [1.82, 2.24) is 5.32 Å². The number of ether oxygens (including phenoxy) is 2. The molecule has 0 fully saturated rings. The molecular formula is C17H15BrFNO4. The maximum Gasteiger partial charge on any atom is 0.325 e. The van der Waals surface area contributed by atoms with Gasteiger partial charge in [-0.2, -0.15) is 0 Å². The van der Waals surface area contributed by atoms with Crippen molar-refractivity contribution >= 4 is 27.8 Å². The van der Waals surface area contributed by atoms with Gasteiger partial charge in [0.05, 0.1) is 0 Å². The third-order valence-corrected chi connectivity index (χ3v) is 3.46. The molecule has 0 aliphatic carbocycles. The average Bonchev–Trinajstić information content (AvgIpc) is 2.59. The van der Waals surface area contributed by atoms with E-state index < -0.39 is 5.97 Å². The van der Waals surface area contributed by atoms with Crippen LogP contribution >= 0.6 is 15.9 Å². The first-order chi connectivity index (χ1) is 11.5. The zero-order valence-corrected chi connectivity index (χ0v) is 14.2. The summed E-state index contributed by atoms with van der Waals surface area (Å²) in [6, 6.07) is 12.3. The van der Waals surface area contributed by atoms with Gasteiger partial charge in [0, 0.05) is 10.0 Å². The van der Waals surface area contributed by atoms with Gasteiger partial charge in [-0.05, 0) is 48.5 Å². The molecule has 0 atom stereocenters. The molecule has 0 aliphatic rings. The van der Waals surface area contributed by atoms with Crippen molar-refractivity contribution < 1.29 is 23.5 Å². The molecule has 1 amide bonds. The van der Waals surface area contributed by atoms with Gasteiger partial charge in [0.15, 0.2) is 0 Å². The summed E-state index contributed by atoms with van der Waals surface area (Å²) in [4.78, 5) is 23.4. The number of esters is 1.